The van der Waals surface area contributed by atoms with Gasteiger partial charge in [-0.15, -0.1) is 0 Å². The lowest BCUT2D eigenvalue weighted by Gasteiger charge is -2.12. The largest absolute Gasteiger partial charge is 0.495 e. The molecule has 0 bridgehead atoms. The molecule has 0 radical (unpaired) electrons. The summed E-state index contributed by atoms with van der Waals surface area (Å²) in [6.07, 6.45) is -1.01. The van der Waals surface area contributed by atoms with Gasteiger partial charge < -0.3 is 14.6 Å². The van der Waals surface area contributed by atoms with E-state index in [1.54, 1.807) is 12.1 Å². The van der Waals surface area contributed by atoms with Gasteiger partial charge in [0.15, 0.2) is 6.10 Å². The third-order valence-electron chi connectivity index (χ3n) is 1.94. The van der Waals surface area contributed by atoms with Gasteiger partial charge in [-0.3, -0.25) is 0 Å². The molecule has 0 amide bonds. The third kappa shape index (κ3) is 2.61. The van der Waals surface area contributed by atoms with Crippen LogP contribution in [0, 0.1) is 0 Å². The Morgan fingerprint density at radius 2 is 2.13 bits per heavy atom. The van der Waals surface area contributed by atoms with Crippen molar-refractivity contribution < 1.29 is 19.4 Å². The molecule has 0 saturated carbocycles. The number of carboxylic acid groups (broad SMARTS) is 1. The Morgan fingerprint density at radius 3 is 2.53 bits per heavy atom. The van der Waals surface area contributed by atoms with E-state index in [9.17, 15) is 4.79 Å². The predicted molar refractivity (Wildman–Crippen MR) is 55.4 cm³/mol. The van der Waals surface area contributed by atoms with Gasteiger partial charge in [0, 0.05) is 7.11 Å². The molecule has 0 aliphatic heterocycles. The maximum atomic E-state index is 10.8. The minimum Gasteiger partial charge on any atom is -0.495 e. The van der Waals surface area contributed by atoms with Crippen LogP contribution in [0.1, 0.15) is 11.7 Å². The first-order valence-corrected chi connectivity index (χ1v) is 4.57. The van der Waals surface area contributed by atoms with Crippen LogP contribution >= 0.6 is 11.6 Å². The van der Waals surface area contributed by atoms with E-state index in [-0.39, 0.29) is 0 Å². The average Bonchev–Trinajstić information content (AvgIpc) is 2.18. The fraction of sp³-hybridized carbons (Fsp3) is 0.300. The monoisotopic (exact) mass is 230 g/mol. The second-order valence-electron chi connectivity index (χ2n) is 2.85. The summed E-state index contributed by atoms with van der Waals surface area (Å²) >= 11 is 5.86. The van der Waals surface area contributed by atoms with Crippen molar-refractivity contribution in [2.75, 3.05) is 14.2 Å². The summed E-state index contributed by atoms with van der Waals surface area (Å²) in [5, 5.41) is 9.20. The van der Waals surface area contributed by atoms with Crippen LogP contribution in [0.25, 0.3) is 0 Å². The zero-order valence-corrected chi connectivity index (χ0v) is 9.12. The molecule has 5 heteroatoms. The van der Waals surface area contributed by atoms with E-state index in [2.05, 4.69) is 0 Å². The van der Waals surface area contributed by atoms with Gasteiger partial charge in [0.05, 0.1) is 12.1 Å². The number of halogens is 1. The summed E-state index contributed by atoms with van der Waals surface area (Å²) in [6.45, 7) is 0. The van der Waals surface area contributed by atoms with Crippen LogP contribution in [0.5, 0.6) is 5.75 Å². The Hall–Kier alpha value is -1.26. The lowest BCUT2D eigenvalue weighted by molar-refractivity contribution is -0.148. The maximum Gasteiger partial charge on any atom is 0.337 e. The number of aliphatic carboxylic acids is 1. The van der Waals surface area contributed by atoms with Crippen LogP contribution in [0.3, 0.4) is 0 Å². The van der Waals surface area contributed by atoms with Gasteiger partial charge in [-0.05, 0) is 17.7 Å². The Balaban J connectivity index is 3.05. The van der Waals surface area contributed by atoms with Crippen LogP contribution in [0.15, 0.2) is 18.2 Å². The second-order valence-corrected chi connectivity index (χ2v) is 3.26. The standard InChI is InChI=1S/C10H11ClO4/c1-14-8-4-3-6(5-7(8)11)9(15-2)10(12)13/h3-5,9H,1-2H3,(H,12,13). The van der Waals surface area contributed by atoms with Gasteiger partial charge in [0.1, 0.15) is 5.75 Å². The topological polar surface area (TPSA) is 55.8 Å². The molecular weight excluding hydrogens is 220 g/mol. The molecule has 0 heterocycles. The fourth-order valence-corrected chi connectivity index (χ4v) is 1.49. The van der Waals surface area contributed by atoms with Crippen molar-refractivity contribution in [3.63, 3.8) is 0 Å². The Labute approximate surface area is 92.4 Å². The highest BCUT2D eigenvalue weighted by Crippen LogP contribution is 2.28. The van der Waals surface area contributed by atoms with Crippen LogP contribution in [0.2, 0.25) is 5.02 Å². The van der Waals surface area contributed by atoms with Crippen molar-refractivity contribution in [3.8, 4) is 5.75 Å². The Bertz CT molecular complexity index is 364. The molecule has 0 aliphatic carbocycles. The predicted octanol–water partition coefficient (Wildman–Crippen LogP) is 2.12. The third-order valence-corrected chi connectivity index (χ3v) is 2.23. The number of carboxylic acids is 1. The minimum absolute atomic E-state index is 0.360. The molecule has 1 rings (SSSR count). The fourth-order valence-electron chi connectivity index (χ4n) is 1.23. The average molecular weight is 231 g/mol. The molecule has 0 spiro atoms. The molecule has 1 aromatic rings. The van der Waals surface area contributed by atoms with Crippen molar-refractivity contribution in [1.29, 1.82) is 0 Å². The Morgan fingerprint density at radius 1 is 1.47 bits per heavy atom. The molecule has 15 heavy (non-hydrogen) atoms. The van der Waals surface area contributed by atoms with E-state index >= 15 is 0 Å². The van der Waals surface area contributed by atoms with E-state index < -0.39 is 12.1 Å². The summed E-state index contributed by atoms with van der Waals surface area (Å²) in [4.78, 5) is 10.8. The zero-order valence-electron chi connectivity index (χ0n) is 8.36. The van der Waals surface area contributed by atoms with E-state index in [0.717, 1.165) is 0 Å². The summed E-state index contributed by atoms with van der Waals surface area (Å²) in [6, 6.07) is 4.72. The van der Waals surface area contributed by atoms with Gasteiger partial charge >= 0.3 is 5.97 Å². The quantitative estimate of drug-likeness (QED) is 0.861. The Kier molecular flexibility index (Phi) is 3.94. The first-order valence-electron chi connectivity index (χ1n) is 4.19. The highest BCUT2D eigenvalue weighted by molar-refractivity contribution is 6.32. The maximum absolute atomic E-state index is 10.8. The van der Waals surface area contributed by atoms with Gasteiger partial charge in [0.25, 0.3) is 0 Å². The molecule has 0 aromatic heterocycles. The lowest BCUT2D eigenvalue weighted by Crippen LogP contribution is -2.13. The molecule has 0 aliphatic rings. The second kappa shape index (κ2) is 5.00. The van der Waals surface area contributed by atoms with Crippen molar-refractivity contribution in [3.05, 3.63) is 28.8 Å². The number of ether oxygens (including phenoxy) is 2. The summed E-state index contributed by atoms with van der Waals surface area (Å²) in [5.74, 6) is -0.556. The minimum atomic E-state index is -1.06. The zero-order chi connectivity index (χ0) is 11.4. The molecular formula is C10H11ClO4. The van der Waals surface area contributed by atoms with E-state index in [0.29, 0.717) is 16.3 Å². The number of hydrogen-bond donors (Lipinski definition) is 1. The number of benzene rings is 1. The van der Waals surface area contributed by atoms with E-state index in [1.165, 1.54) is 20.3 Å². The summed E-state index contributed by atoms with van der Waals surface area (Å²) < 4.78 is 9.78. The summed E-state index contributed by atoms with van der Waals surface area (Å²) in [7, 11) is 2.82. The van der Waals surface area contributed by atoms with Crippen LogP contribution in [-0.4, -0.2) is 25.3 Å². The molecule has 82 valence electrons. The number of rotatable bonds is 4. The SMILES string of the molecule is COc1ccc(C(OC)C(=O)O)cc1Cl. The molecule has 1 aromatic carbocycles. The van der Waals surface area contributed by atoms with Crippen molar-refractivity contribution in [1.82, 2.24) is 0 Å². The lowest BCUT2D eigenvalue weighted by atomic mass is 10.1. The number of carbonyl (C=O) groups is 1. The molecule has 1 unspecified atom stereocenters. The number of hydrogen-bond acceptors (Lipinski definition) is 3. The molecule has 4 nitrogen and oxygen atoms in total. The van der Waals surface area contributed by atoms with E-state index in [1.807, 2.05) is 0 Å². The highest BCUT2D eigenvalue weighted by Gasteiger charge is 2.19. The van der Waals surface area contributed by atoms with Gasteiger partial charge in [0.2, 0.25) is 0 Å². The molecule has 0 saturated heterocycles. The van der Waals surface area contributed by atoms with Gasteiger partial charge in [-0.25, -0.2) is 4.79 Å². The van der Waals surface area contributed by atoms with Crippen LogP contribution in [0.4, 0.5) is 0 Å². The van der Waals surface area contributed by atoms with Gasteiger partial charge in [-0.2, -0.15) is 0 Å². The van der Waals surface area contributed by atoms with Crippen LogP contribution in [-0.2, 0) is 9.53 Å². The van der Waals surface area contributed by atoms with Crippen molar-refractivity contribution >= 4 is 17.6 Å². The van der Waals surface area contributed by atoms with Crippen LogP contribution < -0.4 is 4.74 Å². The first kappa shape index (κ1) is 11.8. The van der Waals surface area contributed by atoms with Gasteiger partial charge in [-0.1, -0.05) is 17.7 Å². The van der Waals surface area contributed by atoms with E-state index in [4.69, 9.17) is 26.2 Å². The first-order chi connectivity index (χ1) is 7.10. The smallest absolute Gasteiger partial charge is 0.337 e. The number of methoxy groups -OCH3 is 2. The molecule has 1 atom stereocenters. The highest BCUT2D eigenvalue weighted by atomic mass is 35.5. The van der Waals surface area contributed by atoms with Crippen molar-refractivity contribution in [2.45, 2.75) is 6.10 Å². The normalized spacial score (nSPS) is 12.2. The molecule has 1 N–H and O–H groups in total. The van der Waals surface area contributed by atoms with Crippen molar-refractivity contribution in [2.24, 2.45) is 0 Å². The molecule has 0 fully saturated rings. The summed E-state index contributed by atoms with van der Waals surface area (Å²) in [5.41, 5.74) is 0.482.